The van der Waals surface area contributed by atoms with Gasteiger partial charge in [0.15, 0.2) is 0 Å². The summed E-state index contributed by atoms with van der Waals surface area (Å²) in [5.41, 5.74) is 1.79. The van der Waals surface area contributed by atoms with Crippen molar-refractivity contribution >= 4 is 46.4 Å². The first kappa shape index (κ1) is 17.1. The van der Waals surface area contributed by atoms with Crippen molar-refractivity contribution < 1.29 is 4.79 Å². The minimum atomic E-state index is -0.130. The molecule has 2 aromatic carbocycles. The van der Waals surface area contributed by atoms with Gasteiger partial charge in [-0.15, -0.1) is 0 Å². The Labute approximate surface area is 144 Å². The van der Waals surface area contributed by atoms with Crippen LogP contribution in [0.4, 0.5) is 5.69 Å². The summed E-state index contributed by atoms with van der Waals surface area (Å²) in [6.45, 7) is 0.935. The molecule has 1 amide bonds. The standard InChI is InChI=1S/C16H15Cl3N2O/c17-12-3-1-11(2-4-12)7-8-20-10-16(22)21-13-5-6-14(18)15(19)9-13/h1-6,9,20H,7-8,10H2,(H,21,22). The maximum Gasteiger partial charge on any atom is 0.238 e. The van der Waals surface area contributed by atoms with Crippen molar-refractivity contribution in [1.82, 2.24) is 5.32 Å². The van der Waals surface area contributed by atoms with E-state index in [9.17, 15) is 4.79 Å². The Morgan fingerprint density at radius 3 is 2.36 bits per heavy atom. The molecule has 0 aliphatic rings. The SMILES string of the molecule is O=C(CNCCc1ccc(Cl)cc1)Nc1ccc(Cl)c(Cl)c1. The monoisotopic (exact) mass is 356 g/mol. The summed E-state index contributed by atoms with van der Waals surface area (Å²) in [5, 5.41) is 7.44. The molecule has 0 aliphatic heterocycles. The molecule has 0 saturated carbocycles. The zero-order chi connectivity index (χ0) is 15.9. The van der Waals surface area contributed by atoms with E-state index >= 15 is 0 Å². The molecule has 0 heterocycles. The van der Waals surface area contributed by atoms with E-state index in [0.717, 1.165) is 11.4 Å². The van der Waals surface area contributed by atoms with Crippen molar-refractivity contribution in [2.24, 2.45) is 0 Å². The topological polar surface area (TPSA) is 41.1 Å². The van der Waals surface area contributed by atoms with Crippen molar-refractivity contribution in [3.63, 3.8) is 0 Å². The number of rotatable bonds is 6. The molecule has 116 valence electrons. The number of nitrogens with one attached hydrogen (secondary N) is 2. The van der Waals surface area contributed by atoms with Crippen molar-refractivity contribution in [2.75, 3.05) is 18.4 Å². The number of amides is 1. The minimum Gasteiger partial charge on any atom is -0.325 e. The van der Waals surface area contributed by atoms with Crippen LogP contribution in [0.15, 0.2) is 42.5 Å². The molecule has 3 nitrogen and oxygen atoms in total. The molecule has 22 heavy (non-hydrogen) atoms. The van der Waals surface area contributed by atoms with Gasteiger partial charge in [-0.05, 0) is 48.9 Å². The highest BCUT2D eigenvalue weighted by atomic mass is 35.5. The van der Waals surface area contributed by atoms with Crippen LogP contribution in [0.3, 0.4) is 0 Å². The first-order valence-electron chi connectivity index (χ1n) is 6.74. The van der Waals surface area contributed by atoms with Crippen LogP contribution in [0.25, 0.3) is 0 Å². The molecule has 0 saturated heterocycles. The molecule has 6 heteroatoms. The van der Waals surface area contributed by atoms with Gasteiger partial charge in [-0.1, -0.05) is 46.9 Å². The second kappa shape index (κ2) is 8.39. The summed E-state index contributed by atoms with van der Waals surface area (Å²) in [6, 6.07) is 12.6. The third-order valence-corrected chi connectivity index (χ3v) is 3.98. The number of carbonyl (C=O) groups excluding carboxylic acids is 1. The lowest BCUT2D eigenvalue weighted by molar-refractivity contribution is -0.115. The van der Waals surface area contributed by atoms with E-state index in [1.807, 2.05) is 24.3 Å². The quantitative estimate of drug-likeness (QED) is 0.752. The minimum absolute atomic E-state index is 0.130. The van der Waals surface area contributed by atoms with Crippen LogP contribution in [0.5, 0.6) is 0 Å². The van der Waals surface area contributed by atoms with Crippen LogP contribution >= 0.6 is 34.8 Å². The van der Waals surface area contributed by atoms with Gasteiger partial charge < -0.3 is 10.6 Å². The van der Waals surface area contributed by atoms with E-state index in [-0.39, 0.29) is 12.5 Å². The molecule has 0 atom stereocenters. The predicted molar refractivity (Wildman–Crippen MR) is 93.1 cm³/mol. The fourth-order valence-electron chi connectivity index (χ4n) is 1.86. The fraction of sp³-hybridized carbons (Fsp3) is 0.188. The van der Waals surface area contributed by atoms with Crippen molar-refractivity contribution in [3.8, 4) is 0 Å². The van der Waals surface area contributed by atoms with Crippen LogP contribution in [0.1, 0.15) is 5.56 Å². The van der Waals surface area contributed by atoms with Crippen molar-refractivity contribution in [2.45, 2.75) is 6.42 Å². The van der Waals surface area contributed by atoms with Gasteiger partial charge >= 0.3 is 0 Å². The molecule has 0 aromatic heterocycles. The van der Waals surface area contributed by atoms with Crippen molar-refractivity contribution in [1.29, 1.82) is 0 Å². The zero-order valence-electron chi connectivity index (χ0n) is 11.7. The van der Waals surface area contributed by atoms with Gasteiger partial charge in [-0.25, -0.2) is 0 Å². The van der Waals surface area contributed by atoms with E-state index in [4.69, 9.17) is 34.8 Å². The molecule has 0 unspecified atom stereocenters. The second-order valence-electron chi connectivity index (χ2n) is 4.73. The summed E-state index contributed by atoms with van der Waals surface area (Å²) < 4.78 is 0. The molecule has 0 fully saturated rings. The van der Waals surface area contributed by atoms with Crippen LogP contribution in [0, 0.1) is 0 Å². The Hall–Kier alpha value is -1.26. The molecule has 0 bridgehead atoms. The van der Waals surface area contributed by atoms with Gasteiger partial charge in [0.05, 0.1) is 16.6 Å². The Morgan fingerprint density at radius 1 is 0.955 bits per heavy atom. The summed E-state index contributed by atoms with van der Waals surface area (Å²) in [6.07, 6.45) is 0.831. The molecule has 2 rings (SSSR count). The highest BCUT2D eigenvalue weighted by Gasteiger charge is 2.04. The number of anilines is 1. The summed E-state index contributed by atoms with van der Waals surface area (Å²) >= 11 is 17.5. The first-order chi connectivity index (χ1) is 10.5. The van der Waals surface area contributed by atoms with Crippen LogP contribution in [-0.4, -0.2) is 19.0 Å². The Kier molecular flexibility index (Phi) is 6.52. The number of halogens is 3. The largest absolute Gasteiger partial charge is 0.325 e. The van der Waals surface area contributed by atoms with Crippen molar-refractivity contribution in [3.05, 3.63) is 63.1 Å². The van der Waals surface area contributed by atoms with Crippen LogP contribution < -0.4 is 10.6 Å². The number of benzene rings is 2. The normalized spacial score (nSPS) is 10.5. The third-order valence-electron chi connectivity index (χ3n) is 2.99. The van der Waals surface area contributed by atoms with Gasteiger partial charge in [0, 0.05) is 10.7 Å². The lowest BCUT2D eigenvalue weighted by atomic mass is 10.1. The van der Waals surface area contributed by atoms with E-state index < -0.39 is 0 Å². The third kappa shape index (κ3) is 5.50. The average molecular weight is 358 g/mol. The molecule has 0 spiro atoms. The highest BCUT2D eigenvalue weighted by molar-refractivity contribution is 6.42. The molecule has 0 aliphatic carbocycles. The molecular weight excluding hydrogens is 343 g/mol. The summed E-state index contributed by atoms with van der Waals surface area (Å²) in [7, 11) is 0. The van der Waals surface area contributed by atoms with Crippen LogP contribution in [0.2, 0.25) is 15.1 Å². The first-order valence-corrected chi connectivity index (χ1v) is 7.88. The zero-order valence-corrected chi connectivity index (χ0v) is 14.0. The summed E-state index contributed by atoms with van der Waals surface area (Å²) in [4.78, 5) is 11.8. The van der Waals surface area contributed by atoms with E-state index in [2.05, 4.69) is 10.6 Å². The van der Waals surface area contributed by atoms with Gasteiger partial charge in [0.25, 0.3) is 0 Å². The number of hydrogen-bond acceptors (Lipinski definition) is 2. The smallest absolute Gasteiger partial charge is 0.238 e. The van der Waals surface area contributed by atoms with Gasteiger partial charge in [-0.2, -0.15) is 0 Å². The lowest BCUT2D eigenvalue weighted by Gasteiger charge is -2.08. The van der Waals surface area contributed by atoms with Crippen LogP contribution in [-0.2, 0) is 11.2 Å². The van der Waals surface area contributed by atoms with Gasteiger partial charge in [0.2, 0.25) is 5.91 Å². The average Bonchev–Trinajstić information content (AvgIpc) is 2.49. The molecule has 2 N–H and O–H groups in total. The van der Waals surface area contributed by atoms with Gasteiger partial charge in [-0.3, -0.25) is 4.79 Å². The molecular formula is C16H15Cl3N2O. The fourth-order valence-corrected chi connectivity index (χ4v) is 2.29. The molecule has 0 radical (unpaired) electrons. The van der Waals surface area contributed by atoms with E-state index in [1.54, 1.807) is 18.2 Å². The highest BCUT2D eigenvalue weighted by Crippen LogP contribution is 2.24. The Balaban J connectivity index is 1.71. The Morgan fingerprint density at radius 2 is 1.68 bits per heavy atom. The summed E-state index contributed by atoms with van der Waals surface area (Å²) in [5.74, 6) is -0.130. The lowest BCUT2D eigenvalue weighted by Crippen LogP contribution is -2.29. The Bertz CT molecular complexity index is 644. The second-order valence-corrected chi connectivity index (χ2v) is 5.98. The number of hydrogen-bond donors (Lipinski definition) is 2. The molecule has 2 aromatic rings. The predicted octanol–water partition coefficient (Wildman–Crippen LogP) is 4.42. The maximum absolute atomic E-state index is 11.8. The van der Waals surface area contributed by atoms with Gasteiger partial charge in [0.1, 0.15) is 0 Å². The number of carbonyl (C=O) groups is 1. The van der Waals surface area contributed by atoms with E-state index in [1.165, 1.54) is 5.56 Å². The van der Waals surface area contributed by atoms with E-state index in [0.29, 0.717) is 22.3 Å². The maximum atomic E-state index is 11.8.